The molecule has 4 heteroatoms. The minimum Gasteiger partial charge on any atom is -0.287 e. The Balaban J connectivity index is 2.10. The van der Waals surface area contributed by atoms with E-state index in [2.05, 4.69) is 20.9 Å². The van der Waals surface area contributed by atoms with Crippen molar-refractivity contribution in [2.75, 3.05) is 0 Å². The van der Waals surface area contributed by atoms with Gasteiger partial charge in [0, 0.05) is 5.39 Å². The van der Waals surface area contributed by atoms with E-state index in [1.54, 1.807) is 18.2 Å². The molecule has 0 bridgehead atoms. The molecule has 2 aromatic carbocycles. The molecule has 1 aromatic heterocycles. The molecule has 0 N–H and O–H groups in total. The highest BCUT2D eigenvalue weighted by Crippen LogP contribution is 2.21. The van der Waals surface area contributed by atoms with E-state index in [0.717, 1.165) is 5.39 Å². The van der Waals surface area contributed by atoms with Crippen molar-refractivity contribution in [3.63, 3.8) is 0 Å². The molecule has 0 fully saturated rings. The number of fused-ring (bicyclic) bond motifs is 1. The molecular formula is C16H9BrFNO. The number of hydrogen-bond donors (Lipinski definition) is 0. The van der Waals surface area contributed by atoms with Crippen LogP contribution in [0.2, 0.25) is 0 Å². The van der Waals surface area contributed by atoms with E-state index in [1.165, 1.54) is 6.07 Å². The van der Waals surface area contributed by atoms with Gasteiger partial charge in [-0.15, -0.1) is 0 Å². The summed E-state index contributed by atoms with van der Waals surface area (Å²) in [6.07, 6.45) is 0. The molecule has 0 saturated heterocycles. The first-order chi connectivity index (χ1) is 9.66. The maximum absolute atomic E-state index is 14.0. The number of para-hydroxylation sites is 1. The van der Waals surface area contributed by atoms with Gasteiger partial charge in [0.15, 0.2) is 0 Å². The fourth-order valence-electron chi connectivity index (χ4n) is 2.01. The third-order valence-corrected chi connectivity index (χ3v) is 3.64. The molecule has 98 valence electrons. The third-order valence-electron chi connectivity index (χ3n) is 3.03. The average Bonchev–Trinajstić information content (AvgIpc) is 2.49. The molecule has 0 spiro atoms. The summed E-state index contributed by atoms with van der Waals surface area (Å²) in [5.41, 5.74) is 0.969. The van der Waals surface area contributed by atoms with Gasteiger partial charge in [0.2, 0.25) is 5.78 Å². The first kappa shape index (κ1) is 12.9. The zero-order valence-corrected chi connectivity index (χ0v) is 11.9. The molecule has 0 aliphatic rings. The van der Waals surface area contributed by atoms with Gasteiger partial charge in [-0.2, -0.15) is 0 Å². The molecule has 0 saturated carbocycles. The topological polar surface area (TPSA) is 30.0 Å². The van der Waals surface area contributed by atoms with E-state index in [4.69, 9.17) is 0 Å². The predicted octanol–water partition coefficient (Wildman–Crippen LogP) is 4.37. The van der Waals surface area contributed by atoms with E-state index in [0.29, 0.717) is 5.52 Å². The van der Waals surface area contributed by atoms with Crippen molar-refractivity contribution < 1.29 is 9.18 Å². The number of nitrogens with zero attached hydrogens (tertiary/aromatic N) is 1. The molecule has 2 nitrogen and oxygen atoms in total. The number of carbonyl (C=O) groups excluding carboxylic acids is 1. The first-order valence-electron chi connectivity index (χ1n) is 6.01. The normalized spacial score (nSPS) is 10.7. The molecule has 3 rings (SSSR count). The molecule has 0 amide bonds. The van der Waals surface area contributed by atoms with Crippen molar-refractivity contribution >= 4 is 32.6 Å². The third kappa shape index (κ3) is 2.23. The second-order valence-electron chi connectivity index (χ2n) is 4.32. The molecular weight excluding hydrogens is 321 g/mol. The lowest BCUT2D eigenvalue weighted by molar-refractivity contribution is 0.103. The van der Waals surface area contributed by atoms with Crippen LogP contribution in [0, 0.1) is 5.82 Å². The van der Waals surface area contributed by atoms with Gasteiger partial charge in [0.05, 0.1) is 15.6 Å². The lowest BCUT2D eigenvalue weighted by Gasteiger charge is -2.05. The van der Waals surface area contributed by atoms with Crippen LogP contribution < -0.4 is 0 Å². The number of halogens is 2. The van der Waals surface area contributed by atoms with Crippen molar-refractivity contribution in [2.24, 2.45) is 0 Å². The highest BCUT2D eigenvalue weighted by molar-refractivity contribution is 9.10. The Morgan fingerprint density at radius 1 is 1.00 bits per heavy atom. The molecule has 0 radical (unpaired) electrons. The Bertz CT molecular complexity index is 816. The minimum atomic E-state index is -0.563. The van der Waals surface area contributed by atoms with Crippen molar-refractivity contribution in [1.29, 1.82) is 0 Å². The number of carbonyl (C=O) groups is 1. The summed E-state index contributed by atoms with van der Waals surface area (Å²) in [6.45, 7) is 0. The van der Waals surface area contributed by atoms with Crippen LogP contribution in [0.5, 0.6) is 0 Å². The fraction of sp³-hybridized carbons (Fsp3) is 0. The molecule has 0 aliphatic heterocycles. The molecule has 0 unspecified atom stereocenters. The maximum atomic E-state index is 14.0. The summed E-state index contributed by atoms with van der Waals surface area (Å²) in [4.78, 5) is 16.6. The lowest BCUT2D eigenvalue weighted by Crippen LogP contribution is -2.07. The minimum absolute atomic E-state index is 0.0159. The number of hydrogen-bond acceptors (Lipinski definition) is 2. The van der Waals surface area contributed by atoms with Crippen LogP contribution in [0.1, 0.15) is 16.1 Å². The quantitative estimate of drug-likeness (QED) is 0.653. The summed E-state index contributed by atoms with van der Waals surface area (Å²) in [5.74, 6) is -0.984. The van der Waals surface area contributed by atoms with Gasteiger partial charge in [-0.05, 0) is 40.2 Å². The van der Waals surface area contributed by atoms with Crippen LogP contribution in [0.15, 0.2) is 59.1 Å². The maximum Gasteiger partial charge on any atom is 0.214 e. The number of ketones is 1. The van der Waals surface area contributed by atoms with E-state index >= 15 is 0 Å². The molecule has 3 aromatic rings. The largest absolute Gasteiger partial charge is 0.287 e. The summed E-state index contributed by atoms with van der Waals surface area (Å²) < 4.78 is 14.2. The summed E-state index contributed by atoms with van der Waals surface area (Å²) in [6, 6.07) is 15.6. The van der Waals surface area contributed by atoms with Gasteiger partial charge in [0.1, 0.15) is 11.5 Å². The van der Waals surface area contributed by atoms with Gasteiger partial charge in [-0.3, -0.25) is 4.79 Å². The van der Waals surface area contributed by atoms with Gasteiger partial charge in [0.25, 0.3) is 0 Å². The van der Waals surface area contributed by atoms with Gasteiger partial charge >= 0.3 is 0 Å². The van der Waals surface area contributed by atoms with Crippen LogP contribution in [-0.4, -0.2) is 10.8 Å². The number of aromatic nitrogens is 1. The predicted molar refractivity (Wildman–Crippen MR) is 79.3 cm³/mol. The number of pyridine rings is 1. The summed E-state index contributed by atoms with van der Waals surface area (Å²) in [7, 11) is 0. The zero-order valence-electron chi connectivity index (χ0n) is 10.3. The van der Waals surface area contributed by atoms with Gasteiger partial charge in [-0.25, -0.2) is 9.37 Å². The van der Waals surface area contributed by atoms with E-state index in [1.807, 2.05) is 30.3 Å². The Morgan fingerprint density at radius 2 is 1.80 bits per heavy atom. The van der Waals surface area contributed by atoms with Gasteiger partial charge < -0.3 is 0 Å². The highest BCUT2D eigenvalue weighted by atomic mass is 79.9. The molecule has 1 heterocycles. The highest BCUT2D eigenvalue weighted by Gasteiger charge is 2.17. The molecule has 20 heavy (non-hydrogen) atoms. The average molecular weight is 330 g/mol. The standard InChI is InChI=1S/C16H9BrFNO/c17-12-6-3-5-11(15(12)18)16(20)14-9-8-10-4-1-2-7-13(10)19-14/h1-9H. The first-order valence-corrected chi connectivity index (χ1v) is 6.80. The van der Waals surface area contributed by atoms with Crippen molar-refractivity contribution in [3.8, 4) is 0 Å². The van der Waals surface area contributed by atoms with E-state index < -0.39 is 11.6 Å². The summed E-state index contributed by atoms with van der Waals surface area (Å²) in [5, 5.41) is 0.943. The van der Waals surface area contributed by atoms with Gasteiger partial charge in [-0.1, -0.05) is 30.3 Å². The number of benzene rings is 2. The van der Waals surface area contributed by atoms with Crippen LogP contribution >= 0.6 is 15.9 Å². The van der Waals surface area contributed by atoms with Crippen LogP contribution in [0.25, 0.3) is 10.9 Å². The van der Waals surface area contributed by atoms with E-state index in [-0.39, 0.29) is 15.7 Å². The van der Waals surface area contributed by atoms with E-state index in [9.17, 15) is 9.18 Å². The lowest BCUT2D eigenvalue weighted by atomic mass is 10.1. The van der Waals surface area contributed by atoms with Crippen molar-refractivity contribution in [2.45, 2.75) is 0 Å². The molecule has 0 atom stereocenters. The Hall–Kier alpha value is -2.07. The Labute approximate surface area is 123 Å². The smallest absolute Gasteiger partial charge is 0.214 e. The Morgan fingerprint density at radius 3 is 2.65 bits per heavy atom. The van der Waals surface area contributed by atoms with Crippen molar-refractivity contribution in [1.82, 2.24) is 4.98 Å². The second kappa shape index (κ2) is 5.13. The van der Waals surface area contributed by atoms with Crippen LogP contribution in [-0.2, 0) is 0 Å². The fourth-order valence-corrected chi connectivity index (χ4v) is 2.38. The van der Waals surface area contributed by atoms with Crippen molar-refractivity contribution in [3.05, 3.63) is 76.1 Å². The van der Waals surface area contributed by atoms with Crippen LogP contribution in [0.4, 0.5) is 4.39 Å². The Kier molecular flexibility index (Phi) is 3.32. The molecule has 0 aliphatic carbocycles. The SMILES string of the molecule is O=C(c1ccc2ccccc2n1)c1cccc(Br)c1F. The number of rotatable bonds is 2. The summed E-state index contributed by atoms with van der Waals surface area (Å²) >= 11 is 3.08. The van der Waals surface area contributed by atoms with Crippen LogP contribution in [0.3, 0.4) is 0 Å². The zero-order chi connectivity index (χ0) is 14.1. The second-order valence-corrected chi connectivity index (χ2v) is 5.17. The monoisotopic (exact) mass is 329 g/mol.